The Morgan fingerprint density at radius 2 is 2.17 bits per heavy atom. The van der Waals surface area contributed by atoms with E-state index in [1.54, 1.807) is 0 Å². The molecule has 4 nitrogen and oxygen atoms in total. The summed E-state index contributed by atoms with van der Waals surface area (Å²) >= 11 is 0. The number of alkyl halides is 2. The molecule has 23 heavy (non-hydrogen) atoms. The van der Waals surface area contributed by atoms with Gasteiger partial charge in [-0.2, -0.15) is 0 Å². The molecule has 0 aromatic heterocycles. The van der Waals surface area contributed by atoms with Gasteiger partial charge in [0.25, 0.3) is 5.92 Å². The molecule has 2 rings (SSSR count). The van der Waals surface area contributed by atoms with Crippen LogP contribution in [0.3, 0.4) is 0 Å². The van der Waals surface area contributed by atoms with Crippen LogP contribution in [0.5, 0.6) is 0 Å². The second kappa shape index (κ2) is 7.58. The van der Waals surface area contributed by atoms with Gasteiger partial charge in [0.15, 0.2) is 6.10 Å². The number of halogens is 2. The van der Waals surface area contributed by atoms with E-state index in [4.69, 9.17) is 9.47 Å². The summed E-state index contributed by atoms with van der Waals surface area (Å²) < 4.78 is 38.7. The van der Waals surface area contributed by atoms with E-state index in [1.807, 2.05) is 6.92 Å². The molecule has 0 aromatic rings. The van der Waals surface area contributed by atoms with E-state index in [0.717, 1.165) is 19.8 Å². The maximum atomic E-state index is 14.3. The molecule has 1 unspecified atom stereocenters. The van der Waals surface area contributed by atoms with Crippen molar-refractivity contribution in [2.45, 2.75) is 83.3 Å². The first-order valence-corrected chi connectivity index (χ1v) is 8.58. The zero-order chi connectivity index (χ0) is 17.0. The predicted octanol–water partition coefficient (Wildman–Crippen LogP) is 3.87. The lowest BCUT2D eigenvalue weighted by atomic mass is 9.87. The third kappa shape index (κ3) is 4.64. The van der Waals surface area contributed by atoms with Crippen LogP contribution in [-0.4, -0.2) is 30.1 Å². The van der Waals surface area contributed by atoms with Crippen molar-refractivity contribution >= 4 is 11.9 Å². The molecule has 0 bridgehead atoms. The van der Waals surface area contributed by atoms with Crippen LogP contribution in [0.2, 0.25) is 0 Å². The molecule has 0 N–H and O–H groups in total. The van der Waals surface area contributed by atoms with Crippen molar-refractivity contribution in [3.63, 3.8) is 0 Å². The van der Waals surface area contributed by atoms with Crippen LogP contribution in [0, 0.1) is 11.8 Å². The van der Waals surface area contributed by atoms with Crippen molar-refractivity contribution in [1.29, 1.82) is 0 Å². The van der Waals surface area contributed by atoms with Gasteiger partial charge in [0.05, 0.1) is 6.42 Å². The van der Waals surface area contributed by atoms with Crippen molar-refractivity contribution < 1.29 is 27.8 Å². The number of hydrogen-bond donors (Lipinski definition) is 0. The van der Waals surface area contributed by atoms with Gasteiger partial charge in [0, 0.05) is 19.3 Å². The summed E-state index contributed by atoms with van der Waals surface area (Å²) in [4.78, 5) is 22.5. The number of carbonyl (C=O) groups is 2. The number of unbranched alkanes of at least 4 members (excludes halogenated alkanes) is 1. The number of fused-ring (bicyclic) bond motifs is 1. The monoisotopic (exact) mass is 332 g/mol. The predicted molar refractivity (Wildman–Crippen MR) is 80.0 cm³/mol. The second-order valence-corrected chi connectivity index (χ2v) is 6.77. The molecule has 0 aromatic carbocycles. The van der Waals surface area contributed by atoms with Gasteiger partial charge in [-0.05, 0) is 38.0 Å². The minimum Gasteiger partial charge on any atom is -0.462 e. The summed E-state index contributed by atoms with van der Waals surface area (Å²) in [6.07, 6.45) is 2.16. The van der Waals surface area contributed by atoms with Crippen molar-refractivity contribution in [3.05, 3.63) is 0 Å². The highest BCUT2D eigenvalue weighted by Crippen LogP contribution is 2.44. The highest BCUT2D eigenvalue weighted by Gasteiger charge is 2.46. The fraction of sp³-hybridized carbons (Fsp3) is 0.882. The molecule has 132 valence electrons. The third-order valence-electron chi connectivity index (χ3n) is 5.03. The molecule has 1 saturated heterocycles. The maximum absolute atomic E-state index is 14.3. The summed E-state index contributed by atoms with van der Waals surface area (Å²) in [6, 6.07) is 0. The Bertz CT molecular complexity index is 438. The van der Waals surface area contributed by atoms with Crippen LogP contribution >= 0.6 is 0 Å². The van der Waals surface area contributed by atoms with Crippen LogP contribution < -0.4 is 0 Å². The summed E-state index contributed by atoms with van der Waals surface area (Å²) in [5, 5.41) is 0. The van der Waals surface area contributed by atoms with Gasteiger partial charge in [0.1, 0.15) is 6.10 Å². The number of hydrogen-bond acceptors (Lipinski definition) is 4. The van der Waals surface area contributed by atoms with Crippen molar-refractivity contribution in [2.24, 2.45) is 11.8 Å². The topological polar surface area (TPSA) is 52.6 Å². The average Bonchev–Trinajstić information content (AvgIpc) is 3.00. The summed E-state index contributed by atoms with van der Waals surface area (Å²) in [5.74, 6) is -3.51. The Hall–Kier alpha value is -1.20. The van der Waals surface area contributed by atoms with Crippen molar-refractivity contribution in [2.75, 3.05) is 0 Å². The zero-order valence-electron chi connectivity index (χ0n) is 13.9. The van der Waals surface area contributed by atoms with Gasteiger partial charge in [0.2, 0.25) is 0 Å². The number of carbonyl (C=O) groups excluding carboxylic acids is 2. The van der Waals surface area contributed by atoms with E-state index in [1.165, 1.54) is 0 Å². The van der Waals surface area contributed by atoms with Gasteiger partial charge < -0.3 is 9.47 Å². The molecule has 0 spiro atoms. The lowest BCUT2D eigenvalue weighted by molar-refractivity contribution is -0.174. The second-order valence-electron chi connectivity index (χ2n) is 6.77. The maximum Gasteiger partial charge on any atom is 0.306 e. The smallest absolute Gasteiger partial charge is 0.306 e. The molecule has 6 heteroatoms. The highest BCUT2D eigenvalue weighted by atomic mass is 19.3. The molecule has 4 atom stereocenters. The molecule has 1 aliphatic heterocycles. The summed E-state index contributed by atoms with van der Waals surface area (Å²) in [7, 11) is 0. The van der Waals surface area contributed by atoms with Gasteiger partial charge >= 0.3 is 11.9 Å². The highest BCUT2D eigenvalue weighted by molar-refractivity contribution is 5.72. The van der Waals surface area contributed by atoms with Crippen LogP contribution in [-0.2, 0) is 19.1 Å². The largest absolute Gasteiger partial charge is 0.462 e. The quantitative estimate of drug-likeness (QED) is 0.633. The summed E-state index contributed by atoms with van der Waals surface area (Å²) in [5.41, 5.74) is 0. The van der Waals surface area contributed by atoms with Crippen LogP contribution in [0.4, 0.5) is 8.78 Å². The van der Waals surface area contributed by atoms with Crippen LogP contribution in [0.15, 0.2) is 0 Å². The van der Waals surface area contributed by atoms with E-state index >= 15 is 0 Å². The average molecular weight is 332 g/mol. The van der Waals surface area contributed by atoms with Gasteiger partial charge in [-0.1, -0.05) is 13.3 Å². The molecular formula is C17H26F2O4. The number of rotatable bonds is 8. The Morgan fingerprint density at radius 3 is 2.83 bits per heavy atom. The molecule has 1 saturated carbocycles. The van der Waals surface area contributed by atoms with Crippen molar-refractivity contribution in [3.8, 4) is 0 Å². The normalized spacial score (nSPS) is 28.3. The Balaban J connectivity index is 1.92. The van der Waals surface area contributed by atoms with Crippen molar-refractivity contribution in [1.82, 2.24) is 0 Å². The Morgan fingerprint density at radius 1 is 1.43 bits per heavy atom. The van der Waals surface area contributed by atoms with E-state index in [2.05, 4.69) is 0 Å². The van der Waals surface area contributed by atoms with Gasteiger partial charge in [-0.3, -0.25) is 9.59 Å². The minimum absolute atomic E-state index is 0.0414. The molecule has 0 radical (unpaired) electrons. The third-order valence-corrected chi connectivity index (χ3v) is 5.03. The first kappa shape index (κ1) is 18.1. The Kier molecular flexibility index (Phi) is 5.98. The molecular weight excluding hydrogens is 306 g/mol. The minimum atomic E-state index is -3.00. The summed E-state index contributed by atoms with van der Waals surface area (Å²) in [6.45, 7) is 3.02. The van der Waals surface area contributed by atoms with E-state index < -0.39 is 18.0 Å². The zero-order valence-corrected chi connectivity index (χ0v) is 13.9. The van der Waals surface area contributed by atoms with E-state index in [9.17, 15) is 18.4 Å². The Labute approximate surface area is 135 Å². The van der Waals surface area contributed by atoms with Crippen LogP contribution in [0.25, 0.3) is 0 Å². The van der Waals surface area contributed by atoms with Gasteiger partial charge in [-0.15, -0.1) is 0 Å². The number of esters is 2. The number of ether oxygens (including phenoxy) is 2. The van der Waals surface area contributed by atoms with Gasteiger partial charge in [-0.25, -0.2) is 8.78 Å². The SMILES string of the molecule is CCCCC(F)(F)C(CC[C@H]1CC[C@@H]2OC(=O)C[C@H]12)OC(C)=O. The van der Waals surface area contributed by atoms with E-state index in [0.29, 0.717) is 25.7 Å². The first-order chi connectivity index (χ1) is 10.8. The molecule has 2 fully saturated rings. The lowest BCUT2D eigenvalue weighted by Crippen LogP contribution is -2.37. The molecule has 0 amide bonds. The molecule has 2 aliphatic rings. The lowest BCUT2D eigenvalue weighted by Gasteiger charge is -2.28. The fourth-order valence-electron chi connectivity index (χ4n) is 3.82. The van der Waals surface area contributed by atoms with Crippen LogP contribution in [0.1, 0.15) is 65.2 Å². The first-order valence-electron chi connectivity index (χ1n) is 8.58. The standard InChI is InChI=1S/C17H26F2O4/c1-3-4-9-17(18,19)15(22-11(2)20)8-6-12-5-7-14-13(12)10-16(21)23-14/h12-15H,3-10H2,1-2H3/t12-,13-,14+,15?/m1/s1. The fourth-order valence-corrected chi connectivity index (χ4v) is 3.82. The molecule has 1 aliphatic carbocycles. The molecule has 1 heterocycles. The van der Waals surface area contributed by atoms with E-state index in [-0.39, 0.29) is 36.8 Å².